The largest absolute Gasteiger partial charge is 0.496 e. The Hall–Kier alpha value is -2.60. The number of halogens is 1. The molecule has 0 aliphatic rings. The zero-order valence-corrected chi connectivity index (χ0v) is 15.4. The molecule has 0 spiro atoms. The number of benzene rings is 2. The first-order valence-corrected chi connectivity index (χ1v) is 8.35. The molecule has 0 saturated heterocycles. The third-order valence-corrected chi connectivity index (χ3v) is 4.34. The molecular formula is C19H16BrNO4. The fourth-order valence-electron chi connectivity index (χ4n) is 2.43. The molecule has 0 N–H and O–H groups in total. The number of hydrogen-bond donors (Lipinski definition) is 0. The second-order valence-electron chi connectivity index (χ2n) is 5.26. The SMILES string of the molecule is COc1cc(COC(=O)c2ccc3ccccc3n2)c(OC)cc1Br. The van der Waals surface area contributed by atoms with Crippen molar-refractivity contribution in [3.05, 3.63) is 64.3 Å². The van der Waals surface area contributed by atoms with E-state index in [4.69, 9.17) is 14.2 Å². The second kappa shape index (κ2) is 7.53. The number of ether oxygens (including phenoxy) is 3. The lowest BCUT2D eigenvalue weighted by Crippen LogP contribution is -2.08. The zero-order chi connectivity index (χ0) is 17.8. The second-order valence-corrected chi connectivity index (χ2v) is 6.12. The van der Waals surface area contributed by atoms with Crippen LogP contribution in [0.25, 0.3) is 10.9 Å². The van der Waals surface area contributed by atoms with Crippen molar-refractivity contribution >= 4 is 32.8 Å². The highest BCUT2D eigenvalue weighted by Crippen LogP contribution is 2.33. The molecule has 128 valence electrons. The molecule has 0 saturated carbocycles. The molecule has 0 aliphatic heterocycles. The number of esters is 1. The highest BCUT2D eigenvalue weighted by molar-refractivity contribution is 9.10. The van der Waals surface area contributed by atoms with Crippen molar-refractivity contribution in [3.8, 4) is 11.5 Å². The van der Waals surface area contributed by atoms with Crippen LogP contribution in [0.3, 0.4) is 0 Å². The van der Waals surface area contributed by atoms with Crippen LogP contribution in [0.4, 0.5) is 0 Å². The maximum atomic E-state index is 12.3. The van der Waals surface area contributed by atoms with Crippen molar-refractivity contribution in [3.63, 3.8) is 0 Å². The number of aromatic nitrogens is 1. The molecule has 0 amide bonds. The average Bonchev–Trinajstić information content (AvgIpc) is 2.65. The molecule has 0 fully saturated rings. The quantitative estimate of drug-likeness (QED) is 0.594. The summed E-state index contributed by atoms with van der Waals surface area (Å²) in [4.78, 5) is 16.7. The third kappa shape index (κ3) is 3.74. The van der Waals surface area contributed by atoms with Crippen molar-refractivity contribution in [2.24, 2.45) is 0 Å². The Balaban J connectivity index is 1.79. The molecule has 3 rings (SSSR count). The number of carbonyl (C=O) groups excluding carboxylic acids is 1. The highest BCUT2D eigenvalue weighted by Gasteiger charge is 2.14. The number of para-hydroxylation sites is 1. The van der Waals surface area contributed by atoms with Gasteiger partial charge in [0.05, 0.1) is 24.2 Å². The first kappa shape index (κ1) is 17.2. The van der Waals surface area contributed by atoms with E-state index in [2.05, 4.69) is 20.9 Å². The summed E-state index contributed by atoms with van der Waals surface area (Å²) in [5.74, 6) is 0.748. The van der Waals surface area contributed by atoms with Crippen molar-refractivity contribution in [1.82, 2.24) is 4.98 Å². The average molecular weight is 402 g/mol. The van der Waals surface area contributed by atoms with Gasteiger partial charge in [-0.3, -0.25) is 0 Å². The fraction of sp³-hybridized carbons (Fsp3) is 0.158. The number of fused-ring (bicyclic) bond motifs is 1. The van der Waals surface area contributed by atoms with E-state index < -0.39 is 5.97 Å². The van der Waals surface area contributed by atoms with Gasteiger partial charge in [0.2, 0.25) is 0 Å². The zero-order valence-electron chi connectivity index (χ0n) is 13.8. The first-order valence-electron chi connectivity index (χ1n) is 7.55. The van der Waals surface area contributed by atoms with Gasteiger partial charge in [-0.15, -0.1) is 0 Å². The lowest BCUT2D eigenvalue weighted by Gasteiger charge is -2.12. The van der Waals surface area contributed by atoms with Crippen molar-refractivity contribution in [2.45, 2.75) is 6.61 Å². The van der Waals surface area contributed by atoms with Gasteiger partial charge in [0, 0.05) is 10.9 Å². The molecule has 1 aromatic heterocycles. The summed E-state index contributed by atoms with van der Waals surface area (Å²) < 4.78 is 16.8. The molecule has 1 heterocycles. The standard InChI is InChI=1S/C19H16BrNO4/c1-23-17-10-14(20)18(24-2)9-13(17)11-25-19(22)16-8-7-12-5-3-4-6-15(12)21-16/h3-10H,11H2,1-2H3. The molecule has 0 bridgehead atoms. The van der Waals surface area contributed by atoms with Gasteiger partial charge in [0.1, 0.15) is 23.8 Å². The molecule has 25 heavy (non-hydrogen) atoms. The predicted octanol–water partition coefficient (Wildman–Crippen LogP) is 4.37. The van der Waals surface area contributed by atoms with Crippen molar-refractivity contribution in [2.75, 3.05) is 14.2 Å². The van der Waals surface area contributed by atoms with Gasteiger partial charge in [-0.25, -0.2) is 9.78 Å². The fourth-order valence-corrected chi connectivity index (χ4v) is 2.92. The van der Waals surface area contributed by atoms with Gasteiger partial charge < -0.3 is 14.2 Å². The van der Waals surface area contributed by atoms with E-state index in [1.54, 1.807) is 32.4 Å². The van der Waals surface area contributed by atoms with Gasteiger partial charge in [0.15, 0.2) is 0 Å². The molecule has 3 aromatic rings. The summed E-state index contributed by atoms with van der Waals surface area (Å²) in [5.41, 5.74) is 1.72. The highest BCUT2D eigenvalue weighted by atomic mass is 79.9. The van der Waals surface area contributed by atoms with Gasteiger partial charge in [0.25, 0.3) is 0 Å². The molecule has 5 nitrogen and oxygen atoms in total. The number of pyridine rings is 1. The number of carbonyl (C=O) groups is 1. The van der Waals surface area contributed by atoms with E-state index in [-0.39, 0.29) is 12.3 Å². The van der Waals surface area contributed by atoms with Crippen LogP contribution < -0.4 is 9.47 Å². The molecule has 2 aromatic carbocycles. The number of hydrogen-bond acceptors (Lipinski definition) is 5. The van der Waals surface area contributed by atoms with Crippen LogP contribution in [0.1, 0.15) is 16.1 Å². The smallest absolute Gasteiger partial charge is 0.357 e. The number of methoxy groups -OCH3 is 2. The lowest BCUT2D eigenvalue weighted by atomic mass is 10.2. The molecular weight excluding hydrogens is 386 g/mol. The molecule has 0 unspecified atom stereocenters. The van der Waals surface area contributed by atoms with Gasteiger partial charge in [-0.05, 0) is 40.2 Å². The summed E-state index contributed by atoms with van der Waals surface area (Å²) >= 11 is 3.40. The Bertz CT molecular complexity index is 926. The minimum Gasteiger partial charge on any atom is -0.496 e. The van der Waals surface area contributed by atoms with Crippen LogP contribution >= 0.6 is 15.9 Å². The van der Waals surface area contributed by atoms with Crippen molar-refractivity contribution in [1.29, 1.82) is 0 Å². The van der Waals surface area contributed by atoms with E-state index in [0.717, 1.165) is 15.4 Å². The van der Waals surface area contributed by atoms with Crippen LogP contribution in [-0.4, -0.2) is 25.2 Å². The summed E-state index contributed by atoms with van der Waals surface area (Å²) in [5, 5.41) is 0.971. The first-order chi connectivity index (χ1) is 12.1. The number of nitrogens with zero attached hydrogens (tertiary/aromatic N) is 1. The van der Waals surface area contributed by atoms with Crippen LogP contribution in [0.5, 0.6) is 11.5 Å². The Morgan fingerprint density at radius 1 is 1.04 bits per heavy atom. The van der Waals surface area contributed by atoms with Crippen molar-refractivity contribution < 1.29 is 19.0 Å². The molecule has 0 aliphatic carbocycles. The van der Waals surface area contributed by atoms with Crippen LogP contribution in [0.15, 0.2) is 53.0 Å². The predicted molar refractivity (Wildman–Crippen MR) is 98.1 cm³/mol. The minimum atomic E-state index is -0.491. The van der Waals surface area contributed by atoms with E-state index in [1.807, 2.05) is 30.3 Å². The Labute approximate surface area is 153 Å². The lowest BCUT2D eigenvalue weighted by molar-refractivity contribution is 0.0463. The third-order valence-electron chi connectivity index (χ3n) is 3.72. The van der Waals surface area contributed by atoms with Crippen LogP contribution in [-0.2, 0) is 11.3 Å². The maximum absolute atomic E-state index is 12.3. The Kier molecular flexibility index (Phi) is 5.19. The molecule has 0 atom stereocenters. The summed E-state index contributed by atoms with van der Waals surface area (Å²) in [7, 11) is 3.13. The van der Waals surface area contributed by atoms with Gasteiger partial charge >= 0.3 is 5.97 Å². The van der Waals surface area contributed by atoms with E-state index >= 15 is 0 Å². The maximum Gasteiger partial charge on any atom is 0.357 e. The van der Waals surface area contributed by atoms with E-state index in [1.165, 1.54) is 0 Å². The van der Waals surface area contributed by atoms with Crippen LogP contribution in [0, 0.1) is 0 Å². The molecule has 6 heteroatoms. The van der Waals surface area contributed by atoms with Gasteiger partial charge in [-0.2, -0.15) is 0 Å². The number of rotatable bonds is 5. The summed E-state index contributed by atoms with van der Waals surface area (Å²) in [6.07, 6.45) is 0. The van der Waals surface area contributed by atoms with E-state index in [9.17, 15) is 4.79 Å². The Morgan fingerprint density at radius 2 is 1.80 bits per heavy atom. The summed E-state index contributed by atoms with van der Waals surface area (Å²) in [6, 6.07) is 14.6. The van der Waals surface area contributed by atoms with E-state index in [0.29, 0.717) is 17.1 Å². The monoisotopic (exact) mass is 401 g/mol. The van der Waals surface area contributed by atoms with Gasteiger partial charge in [-0.1, -0.05) is 24.3 Å². The van der Waals surface area contributed by atoms with Crippen LogP contribution in [0.2, 0.25) is 0 Å². The summed E-state index contributed by atoms with van der Waals surface area (Å²) in [6.45, 7) is 0.0557. The minimum absolute atomic E-state index is 0.0557. The Morgan fingerprint density at radius 3 is 2.56 bits per heavy atom. The molecule has 0 radical (unpaired) electrons. The topological polar surface area (TPSA) is 57.7 Å². The normalized spacial score (nSPS) is 10.5.